The largest absolute Gasteiger partial charge is 0.375 e. The Labute approximate surface area is 118 Å². The fourth-order valence-corrected chi connectivity index (χ4v) is 2.28. The molecule has 5 heteroatoms. The van der Waals surface area contributed by atoms with Crippen molar-refractivity contribution < 1.29 is 9.53 Å². The maximum atomic E-state index is 11.7. The molecule has 2 N–H and O–H groups in total. The van der Waals surface area contributed by atoms with Gasteiger partial charge in [-0.3, -0.25) is 4.79 Å². The molecular weight excluding hydrogens is 264 g/mol. The van der Waals surface area contributed by atoms with Gasteiger partial charge in [0.1, 0.15) is 0 Å². The van der Waals surface area contributed by atoms with E-state index in [-0.39, 0.29) is 12.0 Å². The molecule has 1 unspecified atom stereocenters. The molecule has 0 radical (unpaired) electrons. The number of nitrogens with one attached hydrogen (secondary N) is 2. The average Bonchev–Trinajstić information content (AvgIpc) is 2.40. The SMILES string of the molecule is O=C(CC1CNCCO1)NCCc1cccc(Cl)c1. The molecule has 1 aromatic carbocycles. The minimum Gasteiger partial charge on any atom is -0.375 e. The van der Waals surface area contributed by atoms with Crippen molar-refractivity contribution in [1.82, 2.24) is 10.6 Å². The molecule has 1 amide bonds. The van der Waals surface area contributed by atoms with E-state index in [1.807, 2.05) is 24.3 Å². The van der Waals surface area contributed by atoms with Crippen LogP contribution in [-0.2, 0) is 16.0 Å². The van der Waals surface area contributed by atoms with Crippen LogP contribution in [0.1, 0.15) is 12.0 Å². The lowest BCUT2D eigenvalue weighted by atomic mass is 10.1. The zero-order chi connectivity index (χ0) is 13.5. The summed E-state index contributed by atoms with van der Waals surface area (Å²) in [6.07, 6.45) is 1.21. The fraction of sp³-hybridized carbons (Fsp3) is 0.500. The number of carbonyl (C=O) groups excluding carboxylic acids is 1. The molecule has 2 rings (SSSR count). The molecule has 0 saturated carbocycles. The van der Waals surface area contributed by atoms with Gasteiger partial charge in [-0.1, -0.05) is 23.7 Å². The van der Waals surface area contributed by atoms with Gasteiger partial charge < -0.3 is 15.4 Å². The predicted octanol–water partition coefficient (Wildman–Crippen LogP) is 1.38. The summed E-state index contributed by atoms with van der Waals surface area (Å²) < 4.78 is 5.49. The first-order valence-corrected chi connectivity index (χ1v) is 6.95. The smallest absolute Gasteiger partial charge is 0.222 e. The molecule has 1 aliphatic rings. The normalized spacial score (nSPS) is 19.1. The maximum absolute atomic E-state index is 11.7. The Hall–Kier alpha value is -1.10. The first-order valence-electron chi connectivity index (χ1n) is 6.57. The second-order valence-corrected chi connectivity index (χ2v) is 5.07. The highest BCUT2D eigenvalue weighted by Gasteiger charge is 2.16. The van der Waals surface area contributed by atoms with Gasteiger partial charge in [0.25, 0.3) is 0 Å². The zero-order valence-corrected chi connectivity index (χ0v) is 11.6. The predicted molar refractivity (Wildman–Crippen MR) is 75.4 cm³/mol. The van der Waals surface area contributed by atoms with Crippen molar-refractivity contribution in [2.24, 2.45) is 0 Å². The summed E-state index contributed by atoms with van der Waals surface area (Å²) in [7, 11) is 0. The Morgan fingerprint density at radius 2 is 2.42 bits per heavy atom. The molecule has 1 atom stereocenters. The second kappa shape index (κ2) is 7.48. The van der Waals surface area contributed by atoms with E-state index in [9.17, 15) is 4.79 Å². The molecule has 1 heterocycles. The Balaban J connectivity index is 1.66. The van der Waals surface area contributed by atoms with Crippen molar-refractivity contribution in [2.75, 3.05) is 26.2 Å². The van der Waals surface area contributed by atoms with Gasteiger partial charge in [0, 0.05) is 24.7 Å². The number of carbonyl (C=O) groups is 1. The van der Waals surface area contributed by atoms with E-state index in [1.165, 1.54) is 0 Å². The van der Waals surface area contributed by atoms with Crippen molar-refractivity contribution in [3.63, 3.8) is 0 Å². The summed E-state index contributed by atoms with van der Waals surface area (Å²) in [5.41, 5.74) is 1.13. The second-order valence-electron chi connectivity index (χ2n) is 4.63. The highest BCUT2D eigenvalue weighted by atomic mass is 35.5. The third-order valence-corrected chi connectivity index (χ3v) is 3.28. The van der Waals surface area contributed by atoms with E-state index >= 15 is 0 Å². The van der Waals surface area contributed by atoms with Crippen LogP contribution < -0.4 is 10.6 Å². The van der Waals surface area contributed by atoms with Crippen LogP contribution in [0.15, 0.2) is 24.3 Å². The van der Waals surface area contributed by atoms with Gasteiger partial charge in [-0.25, -0.2) is 0 Å². The highest BCUT2D eigenvalue weighted by molar-refractivity contribution is 6.30. The third-order valence-electron chi connectivity index (χ3n) is 3.04. The molecular formula is C14H19ClN2O2. The van der Waals surface area contributed by atoms with Gasteiger partial charge in [-0.2, -0.15) is 0 Å². The van der Waals surface area contributed by atoms with Crippen LogP contribution >= 0.6 is 11.6 Å². The molecule has 4 nitrogen and oxygen atoms in total. The highest BCUT2D eigenvalue weighted by Crippen LogP contribution is 2.10. The van der Waals surface area contributed by atoms with Gasteiger partial charge in [-0.15, -0.1) is 0 Å². The number of ether oxygens (including phenoxy) is 1. The van der Waals surface area contributed by atoms with E-state index in [2.05, 4.69) is 10.6 Å². The fourth-order valence-electron chi connectivity index (χ4n) is 2.07. The number of hydrogen-bond acceptors (Lipinski definition) is 3. The van der Waals surface area contributed by atoms with Crippen LogP contribution in [0.4, 0.5) is 0 Å². The minimum absolute atomic E-state index is 0.0000743. The molecule has 1 saturated heterocycles. The summed E-state index contributed by atoms with van der Waals surface area (Å²) in [6.45, 7) is 2.92. The van der Waals surface area contributed by atoms with E-state index in [4.69, 9.17) is 16.3 Å². The summed E-state index contributed by atoms with van der Waals surface area (Å²) in [6, 6.07) is 7.69. The maximum Gasteiger partial charge on any atom is 0.222 e. The molecule has 1 fully saturated rings. The van der Waals surface area contributed by atoms with Crippen molar-refractivity contribution in [2.45, 2.75) is 18.9 Å². The zero-order valence-electron chi connectivity index (χ0n) is 10.8. The third kappa shape index (κ3) is 5.19. The molecule has 1 aromatic rings. The molecule has 0 aromatic heterocycles. The summed E-state index contributed by atoms with van der Waals surface area (Å²) in [5, 5.41) is 6.84. The summed E-state index contributed by atoms with van der Waals surface area (Å²) >= 11 is 5.90. The molecule has 1 aliphatic heterocycles. The van der Waals surface area contributed by atoms with Gasteiger partial charge >= 0.3 is 0 Å². The molecule has 104 valence electrons. The Morgan fingerprint density at radius 1 is 1.53 bits per heavy atom. The van der Waals surface area contributed by atoms with Gasteiger partial charge in [0.2, 0.25) is 5.91 Å². The number of benzene rings is 1. The van der Waals surface area contributed by atoms with Gasteiger partial charge in [-0.05, 0) is 24.1 Å². The Kier molecular flexibility index (Phi) is 5.63. The van der Waals surface area contributed by atoms with Crippen LogP contribution in [0.2, 0.25) is 5.02 Å². The van der Waals surface area contributed by atoms with Crippen LogP contribution in [-0.4, -0.2) is 38.3 Å². The average molecular weight is 283 g/mol. The quantitative estimate of drug-likeness (QED) is 0.858. The molecule has 0 bridgehead atoms. The lowest BCUT2D eigenvalue weighted by Gasteiger charge is -2.23. The van der Waals surface area contributed by atoms with Crippen molar-refractivity contribution in [3.05, 3.63) is 34.9 Å². The lowest BCUT2D eigenvalue weighted by molar-refractivity contribution is -0.124. The number of rotatable bonds is 5. The van der Waals surface area contributed by atoms with Crippen LogP contribution in [0.3, 0.4) is 0 Å². The van der Waals surface area contributed by atoms with E-state index < -0.39 is 0 Å². The minimum atomic E-state index is -0.0000743. The van der Waals surface area contributed by atoms with Crippen LogP contribution in [0.25, 0.3) is 0 Å². The molecule has 0 spiro atoms. The van der Waals surface area contributed by atoms with E-state index in [1.54, 1.807) is 0 Å². The monoisotopic (exact) mass is 282 g/mol. The number of halogens is 1. The summed E-state index contributed by atoms with van der Waals surface area (Å²) in [4.78, 5) is 11.7. The van der Waals surface area contributed by atoms with Crippen molar-refractivity contribution in [1.29, 1.82) is 0 Å². The summed E-state index contributed by atoms with van der Waals surface area (Å²) in [5.74, 6) is 0.0377. The standard InChI is InChI=1S/C14H19ClN2O2/c15-12-3-1-2-11(8-12)4-5-17-14(18)9-13-10-16-6-7-19-13/h1-3,8,13,16H,4-7,9-10H2,(H,17,18). The van der Waals surface area contributed by atoms with Crippen LogP contribution in [0, 0.1) is 0 Å². The van der Waals surface area contributed by atoms with Gasteiger partial charge in [0.15, 0.2) is 0 Å². The van der Waals surface area contributed by atoms with Crippen molar-refractivity contribution >= 4 is 17.5 Å². The molecule has 0 aliphatic carbocycles. The van der Waals surface area contributed by atoms with Crippen molar-refractivity contribution in [3.8, 4) is 0 Å². The Bertz CT molecular complexity index is 420. The van der Waals surface area contributed by atoms with Crippen LogP contribution in [0.5, 0.6) is 0 Å². The first kappa shape index (κ1) is 14.3. The van der Waals surface area contributed by atoms with E-state index in [0.29, 0.717) is 19.6 Å². The molecule has 19 heavy (non-hydrogen) atoms. The van der Waals surface area contributed by atoms with E-state index in [0.717, 1.165) is 30.1 Å². The number of amides is 1. The number of hydrogen-bond donors (Lipinski definition) is 2. The number of morpholine rings is 1. The van der Waals surface area contributed by atoms with Gasteiger partial charge in [0.05, 0.1) is 19.1 Å². The topological polar surface area (TPSA) is 50.4 Å². The lowest BCUT2D eigenvalue weighted by Crippen LogP contribution is -2.41. The first-order chi connectivity index (χ1) is 9.24. The Morgan fingerprint density at radius 3 is 3.16 bits per heavy atom.